The Labute approximate surface area is 118 Å². The highest BCUT2D eigenvalue weighted by Crippen LogP contribution is 2.22. The van der Waals surface area contributed by atoms with E-state index < -0.39 is 5.82 Å². The molecule has 0 unspecified atom stereocenters. The van der Waals surface area contributed by atoms with Gasteiger partial charge in [-0.25, -0.2) is 4.39 Å². The van der Waals surface area contributed by atoms with E-state index in [4.69, 9.17) is 9.47 Å². The molecule has 0 heterocycles. The Hall–Kier alpha value is -1.66. The van der Waals surface area contributed by atoms with Crippen molar-refractivity contribution >= 4 is 5.91 Å². The van der Waals surface area contributed by atoms with Crippen LogP contribution in [0.25, 0.3) is 0 Å². The van der Waals surface area contributed by atoms with Crippen LogP contribution in [0.2, 0.25) is 0 Å². The van der Waals surface area contributed by atoms with Crippen molar-refractivity contribution in [1.29, 1.82) is 0 Å². The molecule has 0 saturated carbocycles. The van der Waals surface area contributed by atoms with Gasteiger partial charge in [0.05, 0.1) is 18.8 Å². The van der Waals surface area contributed by atoms with Crippen molar-refractivity contribution in [2.24, 2.45) is 0 Å². The normalized spacial score (nSPS) is 10.3. The number of halogens is 1. The average Bonchev–Trinajstić information content (AvgIpc) is 2.45. The van der Waals surface area contributed by atoms with E-state index in [2.05, 4.69) is 10.6 Å². The number of rotatable bonds is 9. The van der Waals surface area contributed by atoms with Crippen molar-refractivity contribution in [3.05, 3.63) is 29.6 Å². The molecule has 0 fully saturated rings. The number of para-hydroxylation sites is 1. The molecule has 20 heavy (non-hydrogen) atoms. The summed E-state index contributed by atoms with van der Waals surface area (Å²) in [6.45, 7) is 4.45. The summed E-state index contributed by atoms with van der Waals surface area (Å²) in [5.74, 6) is -0.876. The molecule has 0 aliphatic rings. The number of ether oxygens (including phenoxy) is 2. The van der Waals surface area contributed by atoms with Gasteiger partial charge in [0.1, 0.15) is 0 Å². The van der Waals surface area contributed by atoms with Gasteiger partial charge < -0.3 is 20.1 Å². The summed E-state index contributed by atoms with van der Waals surface area (Å²) in [5.41, 5.74) is 0.212. The van der Waals surface area contributed by atoms with E-state index in [1.807, 2.05) is 0 Å². The Balaban J connectivity index is 2.49. The predicted molar refractivity (Wildman–Crippen MR) is 74.6 cm³/mol. The van der Waals surface area contributed by atoms with Gasteiger partial charge in [-0.1, -0.05) is 6.07 Å². The number of hydrogen-bond donors (Lipinski definition) is 2. The second-order valence-electron chi connectivity index (χ2n) is 4.05. The first-order chi connectivity index (χ1) is 9.70. The van der Waals surface area contributed by atoms with Crippen LogP contribution in [0.3, 0.4) is 0 Å². The predicted octanol–water partition coefficient (Wildman–Crippen LogP) is 1.19. The Bertz CT molecular complexity index is 427. The van der Waals surface area contributed by atoms with Crippen LogP contribution in [-0.4, -0.2) is 45.9 Å². The van der Waals surface area contributed by atoms with Crippen LogP contribution in [0.4, 0.5) is 4.39 Å². The number of hydrogen-bond acceptors (Lipinski definition) is 4. The van der Waals surface area contributed by atoms with Crippen LogP contribution >= 0.6 is 0 Å². The fourth-order valence-electron chi connectivity index (χ4n) is 1.64. The summed E-state index contributed by atoms with van der Waals surface area (Å²) >= 11 is 0. The molecule has 1 aromatic rings. The van der Waals surface area contributed by atoms with Gasteiger partial charge in [-0.2, -0.15) is 0 Å². The van der Waals surface area contributed by atoms with Crippen LogP contribution < -0.4 is 15.4 Å². The molecule has 1 rings (SSSR count). The van der Waals surface area contributed by atoms with Crippen molar-refractivity contribution in [2.75, 3.05) is 40.0 Å². The fourth-order valence-corrected chi connectivity index (χ4v) is 1.64. The first kappa shape index (κ1) is 16.4. The summed E-state index contributed by atoms with van der Waals surface area (Å²) in [6.07, 6.45) is 0. The smallest absolute Gasteiger partial charge is 0.255 e. The lowest BCUT2D eigenvalue weighted by Gasteiger charge is -2.11. The molecule has 5 nitrogen and oxygen atoms in total. The summed E-state index contributed by atoms with van der Waals surface area (Å²) in [5, 5.41) is 5.81. The maximum Gasteiger partial charge on any atom is 0.255 e. The lowest BCUT2D eigenvalue weighted by molar-refractivity contribution is 0.0949. The Morgan fingerprint density at radius 1 is 1.30 bits per heavy atom. The zero-order valence-electron chi connectivity index (χ0n) is 11.9. The Morgan fingerprint density at radius 2 is 2.10 bits per heavy atom. The van der Waals surface area contributed by atoms with Crippen molar-refractivity contribution in [1.82, 2.24) is 10.6 Å². The largest absolute Gasteiger partial charge is 0.490 e. The summed E-state index contributed by atoms with van der Waals surface area (Å²) < 4.78 is 23.7. The Kier molecular flexibility index (Phi) is 7.60. The maximum atomic E-state index is 13.6. The molecule has 0 aromatic heterocycles. The van der Waals surface area contributed by atoms with E-state index in [0.29, 0.717) is 26.3 Å². The monoisotopic (exact) mass is 284 g/mol. The van der Waals surface area contributed by atoms with E-state index in [0.717, 1.165) is 6.54 Å². The topological polar surface area (TPSA) is 59.6 Å². The number of methoxy groups -OCH3 is 1. The number of benzene rings is 1. The molecule has 0 saturated heterocycles. The molecule has 1 amide bonds. The van der Waals surface area contributed by atoms with Crippen LogP contribution in [-0.2, 0) is 4.74 Å². The van der Waals surface area contributed by atoms with Crippen LogP contribution in [0, 0.1) is 5.82 Å². The first-order valence-electron chi connectivity index (χ1n) is 6.59. The van der Waals surface area contributed by atoms with Gasteiger partial charge in [0, 0.05) is 26.7 Å². The summed E-state index contributed by atoms with van der Waals surface area (Å²) in [6, 6.07) is 4.30. The van der Waals surface area contributed by atoms with E-state index >= 15 is 0 Å². The molecule has 0 aliphatic carbocycles. The molecule has 2 N–H and O–H groups in total. The van der Waals surface area contributed by atoms with Crippen molar-refractivity contribution in [2.45, 2.75) is 6.92 Å². The minimum Gasteiger partial charge on any atom is -0.490 e. The highest BCUT2D eigenvalue weighted by atomic mass is 19.1. The maximum absolute atomic E-state index is 13.6. The lowest BCUT2D eigenvalue weighted by atomic mass is 10.2. The van der Waals surface area contributed by atoms with Crippen LogP contribution in [0.1, 0.15) is 17.3 Å². The lowest BCUT2D eigenvalue weighted by Crippen LogP contribution is -2.33. The minimum atomic E-state index is -0.530. The van der Waals surface area contributed by atoms with E-state index in [1.165, 1.54) is 12.1 Å². The van der Waals surface area contributed by atoms with E-state index in [9.17, 15) is 9.18 Å². The first-order valence-corrected chi connectivity index (χ1v) is 6.59. The molecule has 112 valence electrons. The number of carbonyl (C=O) groups excluding carboxylic acids is 1. The molecule has 0 spiro atoms. The summed E-state index contributed by atoms with van der Waals surface area (Å²) in [4.78, 5) is 12.0. The Morgan fingerprint density at radius 3 is 2.80 bits per heavy atom. The quantitative estimate of drug-likeness (QED) is 0.669. The van der Waals surface area contributed by atoms with Gasteiger partial charge >= 0.3 is 0 Å². The second kappa shape index (κ2) is 9.28. The molecule has 0 aliphatic heterocycles. The molecular weight excluding hydrogens is 263 g/mol. The van der Waals surface area contributed by atoms with Crippen LogP contribution in [0.15, 0.2) is 18.2 Å². The van der Waals surface area contributed by atoms with Gasteiger partial charge in [-0.05, 0) is 19.1 Å². The molecule has 0 bridgehead atoms. The number of nitrogens with one attached hydrogen (secondary N) is 2. The minimum absolute atomic E-state index is 0.000146. The third kappa shape index (κ3) is 5.14. The van der Waals surface area contributed by atoms with Crippen molar-refractivity contribution in [3.63, 3.8) is 0 Å². The molecule has 6 heteroatoms. The van der Waals surface area contributed by atoms with Crippen molar-refractivity contribution in [3.8, 4) is 5.75 Å². The zero-order valence-corrected chi connectivity index (χ0v) is 11.9. The third-order valence-electron chi connectivity index (χ3n) is 2.57. The zero-order chi connectivity index (χ0) is 14.8. The fraction of sp³-hybridized carbons (Fsp3) is 0.500. The van der Waals surface area contributed by atoms with Gasteiger partial charge in [0.15, 0.2) is 11.6 Å². The third-order valence-corrected chi connectivity index (χ3v) is 2.57. The highest BCUT2D eigenvalue weighted by Gasteiger charge is 2.15. The van der Waals surface area contributed by atoms with Gasteiger partial charge in [-0.15, -0.1) is 0 Å². The number of amides is 1. The molecule has 1 aromatic carbocycles. The van der Waals surface area contributed by atoms with Crippen LogP contribution in [0.5, 0.6) is 5.75 Å². The number of carbonyl (C=O) groups is 1. The average molecular weight is 284 g/mol. The molecule has 0 atom stereocenters. The van der Waals surface area contributed by atoms with Crippen molar-refractivity contribution < 1.29 is 18.7 Å². The summed E-state index contributed by atoms with van der Waals surface area (Å²) in [7, 11) is 1.63. The SMILES string of the molecule is CCOc1c(F)cccc1C(=O)NCCNCCOC. The highest BCUT2D eigenvalue weighted by molar-refractivity contribution is 5.96. The van der Waals surface area contributed by atoms with Gasteiger partial charge in [-0.3, -0.25) is 4.79 Å². The van der Waals surface area contributed by atoms with Gasteiger partial charge in [0.2, 0.25) is 0 Å². The van der Waals surface area contributed by atoms with Gasteiger partial charge in [0.25, 0.3) is 5.91 Å². The van der Waals surface area contributed by atoms with E-state index in [-0.39, 0.29) is 17.2 Å². The van der Waals surface area contributed by atoms with E-state index in [1.54, 1.807) is 20.1 Å². The molecular formula is C14H21FN2O3. The standard InChI is InChI=1S/C14H21FN2O3/c1-3-20-13-11(5-4-6-12(13)15)14(18)17-8-7-16-9-10-19-2/h4-6,16H,3,7-10H2,1-2H3,(H,17,18). The second-order valence-corrected chi connectivity index (χ2v) is 4.05. The molecule has 0 radical (unpaired) electrons.